The standard InChI is InChI=1S/C14H20N2O2/c1-10-4-5-11(2)12(8-10)16-7-6-15(3)13(9-16)14(17)18/h4-5,8,13H,6-7,9H2,1-3H3,(H,17,18). The first-order chi connectivity index (χ1) is 8.49. The predicted molar refractivity (Wildman–Crippen MR) is 72.2 cm³/mol. The number of likely N-dealkylation sites (N-methyl/N-ethyl adjacent to an activating group) is 1. The quantitative estimate of drug-likeness (QED) is 0.861. The third-order valence-corrected chi connectivity index (χ3v) is 3.64. The average Bonchev–Trinajstić information content (AvgIpc) is 2.33. The summed E-state index contributed by atoms with van der Waals surface area (Å²) in [6, 6.07) is 5.90. The highest BCUT2D eigenvalue weighted by Gasteiger charge is 2.30. The molecule has 0 aliphatic carbocycles. The predicted octanol–water partition coefficient (Wildman–Crippen LogP) is 1.51. The van der Waals surface area contributed by atoms with Gasteiger partial charge in [0, 0.05) is 25.3 Å². The van der Waals surface area contributed by atoms with Crippen molar-refractivity contribution < 1.29 is 9.90 Å². The van der Waals surface area contributed by atoms with Crippen LogP contribution in [0.25, 0.3) is 0 Å². The number of benzene rings is 1. The van der Waals surface area contributed by atoms with Crippen LogP contribution in [0.2, 0.25) is 0 Å². The van der Waals surface area contributed by atoms with Crippen LogP contribution in [0.1, 0.15) is 11.1 Å². The summed E-state index contributed by atoms with van der Waals surface area (Å²) in [5.41, 5.74) is 3.57. The average molecular weight is 248 g/mol. The zero-order chi connectivity index (χ0) is 13.3. The van der Waals surface area contributed by atoms with E-state index in [9.17, 15) is 9.90 Å². The van der Waals surface area contributed by atoms with E-state index in [1.807, 2.05) is 11.9 Å². The van der Waals surface area contributed by atoms with Crippen LogP contribution in [0.4, 0.5) is 5.69 Å². The molecule has 1 aliphatic rings. The third-order valence-electron chi connectivity index (χ3n) is 3.64. The van der Waals surface area contributed by atoms with Gasteiger partial charge in [0.15, 0.2) is 0 Å². The van der Waals surface area contributed by atoms with Gasteiger partial charge >= 0.3 is 5.97 Å². The molecule has 4 nitrogen and oxygen atoms in total. The topological polar surface area (TPSA) is 43.8 Å². The summed E-state index contributed by atoms with van der Waals surface area (Å²) in [5, 5.41) is 9.23. The summed E-state index contributed by atoms with van der Waals surface area (Å²) in [7, 11) is 1.87. The number of aliphatic carboxylic acids is 1. The molecule has 0 spiro atoms. The first kappa shape index (κ1) is 12.9. The van der Waals surface area contributed by atoms with Crippen LogP contribution in [0, 0.1) is 13.8 Å². The molecule has 1 aromatic carbocycles. The summed E-state index contributed by atoms with van der Waals surface area (Å²) in [4.78, 5) is 15.3. The van der Waals surface area contributed by atoms with Gasteiger partial charge in [-0.2, -0.15) is 0 Å². The molecule has 1 saturated heterocycles. The van der Waals surface area contributed by atoms with Crippen LogP contribution in [-0.4, -0.2) is 48.7 Å². The van der Waals surface area contributed by atoms with Gasteiger partial charge in [0.1, 0.15) is 6.04 Å². The van der Waals surface area contributed by atoms with Crippen molar-refractivity contribution in [1.29, 1.82) is 0 Å². The molecule has 0 amide bonds. The molecule has 0 radical (unpaired) electrons. The largest absolute Gasteiger partial charge is 0.480 e. The second-order valence-corrected chi connectivity index (χ2v) is 5.07. The highest BCUT2D eigenvalue weighted by atomic mass is 16.4. The molecule has 0 bridgehead atoms. The van der Waals surface area contributed by atoms with Crippen molar-refractivity contribution in [2.24, 2.45) is 0 Å². The molecule has 0 aromatic heterocycles. The normalized spacial score (nSPS) is 21.1. The minimum absolute atomic E-state index is 0.418. The Morgan fingerprint density at radius 2 is 2.06 bits per heavy atom. The van der Waals surface area contributed by atoms with Gasteiger partial charge < -0.3 is 10.0 Å². The minimum atomic E-state index is -0.743. The van der Waals surface area contributed by atoms with Crippen LogP contribution in [-0.2, 0) is 4.79 Å². The van der Waals surface area contributed by atoms with Crippen LogP contribution in [0.3, 0.4) is 0 Å². The van der Waals surface area contributed by atoms with Gasteiger partial charge in [-0.15, -0.1) is 0 Å². The maximum atomic E-state index is 11.2. The molecule has 1 heterocycles. The molecule has 2 rings (SSSR count). The second-order valence-electron chi connectivity index (χ2n) is 5.07. The van der Waals surface area contributed by atoms with Gasteiger partial charge in [0.2, 0.25) is 0 Å². The smallest absolute Gasteiger partial charge is 0.322 e. The molecule has 1 N–H and O–H groups in total. The Morgan fingerprint density at radius 3 is 2.72 bits per heavy atom. The fraction of sp³-hybridized carbons (Fsp3) is 0.500. The van der Waals surface area contributed by atoms with Crippen LogP contribution < -0.4 is 4.90 Å². The molecular weight excluding hydrogens is 228 g/mol. The zero-order valence-corrected chi connectivity index (χ0v) is 11.2. The summed E-state index contributed by atoms with van der Waals surface area (Å²) in [5.74, 6) is -0.743. The molecule has 98 valence electrons. The number of aryl methyl sites for hydroxylation is 2. The van der Waals surface area contributed by atoms with Crippen LogP contribution in [0.5, 0.6) is 0 Å². The molecule has 1 unspecified atom stereocenters. The number of nitrogens with zero attached hydrogens (tertiary/aromatic N) is 2. The molecule has 4 heteroatoms. The Morgan fingerprint density at radius 1 is 1.33 bits per heavy atom. The van der Waals surface area contributed by atoms with Gasteiger partial charge in [-0.1, -0.05) is 12.1 Å². The number of rotatable bonds is 2. The van der Waals surface area contributed by atoms with Crippen molar-refractivity contribution in [2.45, 2.75) is 19.9 Å². The Bertz CT molecular complexity index is 459. The third kappa shape index (κ3) is 2.48. The van der Waals surface area contributed by atoms with Crippen molar-refractivity contribution in [3.8, 4) is 0 Å². The zero-order valence-electron chi connectivity index (χ0n) is 11.2. The lowest BCUT2D eigenvalue weighted by atomic mass is 10.1. The minimum Gasteiger partial charge on any atom is -0.480 e. The maximum Gasteiger partial charge on any atom is 0.322 e. The number of piperazine rings is 1. The van der Waals surface area contributed by atoms with E-state index in [1.54, 1.807) is 0 Å². The van der Waals surface area contributed by atoms with E-state index in [1.165, 1.54) is 11.1 Å². The van der Waals surface area contributed by atoms with E-state index in [4.69, 9.17) is 0 Å². The van der Waals surface area contributed by atoms with Crippen LogP contribution in [0.15, 0.2) is 18.2 Å². The SMILES string of the molecule is Cc1ccc(C)c(N2CCN(C)C(C(=O)O)C2)c1. The summed E-state index contributed by atoms with van der Waals surface area (Å²) in [6.07, 6.45) is 0. The lowest BCUT2D eigenvalue weighted by Gasteiger charge is -2.39. The summed E-state index contributed by atoms with van der Waals surface area (Å²) < 4.78 is 0. The highest BCUT2D eigenvalue weighted by molar-refractivity contribution is 5.75. The van der Waals surface area contributed by atoms with Crippen molar-refractivity contribution in [3.05, 3.63) is 29.3 Å². The van der Waals surface area contributed by atoms with Crippen molar-refractivity contribution in [3.63, 3.8) is 0 Å². The van der Waals surface area contributed by atoms with Crippen molar-refractivity contribution >= 4 is 11.7 Å². The summed E-state index contributed by atoms with van der Waals surface area (Å²) >= 11 is 0. The number of carboxylic acid groups (broad SMARTS) is 1. The second kappa shape index (κ2) is 4.98. The lowest BCUT2D eigenvalue weighted by Crippen LogP contribution is -2.55. The number of carbonyl (C=O) groups is 1. The molecule has 1 aliphatic heterocycles. The van der Waals surface area contributed by atoms with Gasteiger partial charge in [0.05, 0.1) is 0 Å². The highest BCUT2D eigenvalue weighted by Crippen LogP contribution is 2.24. The lowest BCUT2D eigenvalue weighted by molar-refractivity contribution is -0.142. The van der Waals surface area contributed by atoms with Gasteiger partial charge in [-0.3, -0.25) is 9.69 Å². The van der Waals surface area contributed by atoms with Gasteiger partial charge in [-0.05, 0) is 38.1 Å². The van der Waals surface area contributed by atoms with E-state index >= 15 is 0 Å². The van der Waals surface area contributed by atoms with Crippen molar-refractivity contribution in [1.82, 2.24) is 4.90 Å². The molecule has 18 heavy (non-hydrogen) atoms. The Balaban J connectivity index is 2.24. The van der Waals surface area contributed by atoms with Crippen molar-refractivity contribution in [2.75, 3.05) is 31.6 Å². The monoisotopic (exact) mass is 248 g/mol. The molecular formula is C14H20N2O2. The first-order valence-electron chi connectivity index (χ1n) is 6.24. The first-order valence-corrected chi connectivity index (χ1v) is 6.24. The van der Waals surface area contributed by atoms with Gasteiger partial charge in [-0.25, -0.2) is 0 Å². The fourth-order valence-electron chi connectivity index (χ4n) is 2.42. The molecule has 1 fully saturated rings. The fourth-order valence-corrected chi connectivity index (χ4v) is 2.42. The maximum absolute atomic E-state index is 11.2. The van der Waals surface area contributed by atoms with E-state index in [2.05, 4.69) is 36.9 Å². The van der Waals surface area contributed by atoms with E-state index in [0.29, 0.717) is 6.54 Å². The summed E-state index contributed by atoms with van der Waals surface area (Å²) in [6.45, 7) is 6.35. The van der Waals surface area contributed by atoms with E-state index < -0.39 is 12.0 Å². The Kier molecular flexibility index (Phi) is 3.57. The Labute approximate surface area is 108 Å². The number of hydrogen-bond donors (Lipinski definition) is 1. The Hall–Kier alpha value is -1.55. The molecule has 1 atom stereocenters. The van der Waals surface area contributed by atoms with E-state index in [-0.39, 0.29) is 0 Å². The number of anilines is 1. The number of carboxylic acids is 1. The number of hydrogen-bond acceptors (Lipinski definition) is 3. The van der Waals surface area contributed by atoms with E-state index in [0.717, 1.165) is 18.8 Å². The van der Waals surface area contributed by atoms with Crippen LogP contribution >= 0.6 is 0 Å². The van der Waals surface area contributed by atoms with Gasteiger partial charge in [0.25, 0.3) is 0 Å². The molecule has 0 saturated carbocycles. The molecule has 1 aromatic rings.